The molecule has 0 amide bonds. The number of imidazole rings is 1. The van der Waals surface area contributed by atoms with Crippen molar-refractivity contribution in [1.82, 2.24) is 9.55 Å². The molecule has 1 aromatic rings. The molecule has 1 fully saturated rings. The maximum absolute atomic E-state index is 5.98. The Balaban J connectivity index is 1.95. The molecule has 1 aliphatic heterocycles. The fraction of sp³-hybridized carbons (Fsp3) is 0.667. The lowest BCUT2D eigenvalue weighted by atomic mass is 10.2. The lowest BCUT2D eigenvalue weighted by molar-refractivity contribution is -0.0513. The Hall–Kier alpha value is -0.910. The van der Waals surface area contributed by atoms with Crippen LogP contribution < -0.4 is 5.73 Å². The van der Waals surface area contributed by atoms with Crippen LogP contribution in [0.2, 0.25) is 0 Å². The Labute approximate surface area is 82.8 Å². The average molecular weight is 197 g/mol. The second-order valence-electron chi connectivity index (χ2n) is 3.41. The molecule has 0 spiro atoms. The largest absolute Gasteiger partial charge is 0.350 e. The molecule has 2 rings (SSSR count). The number of aromatic nitrogens is 2. The Kier molecular flexibility index (Phi) is 2.81. The summed E-state index contributed by atoms with van der Waals surface area (Å²) in [7, 11) is 1.93. The molecular weight excluding hydrogens is 182 g/mol. The van der Waals surface area contributed by atoms with E-state index in [-0.39, 0.29) is 12.3 Å². The first-order chi connectivity index (χ1) is 6.77. The van der Waals surface area contributed by atoms with E-state index in [9.17, 15) is 0 Å². The highest BCUT2D eigenvalue weighted by Gasteiger charge is 2.21. The number of nitrogens with two attached hydrogens (primary N) is 1. The summed E-state index contributed by atoms with van der Waals surface area (Å²) < 4.78 is 12.6. The van der Waals surface area contributed by atoms with Crippen LogP contribution >= 0.6 is 0 Å². The molecule has 1 atom stereocenters. The average Bonchev–Trinajstić information content (AvgIpc) is 2.75. The van der Waals surface area contributed by atoms with Crippen LogP contribution in [0.1, 0.15) is 18.3 Å². The van der Waals surface area contributed by atoms with Gasteiger partial charge in [0.25, 0.3) is 0 Å². The van der Waals surface area contributed by atoms with Gasteiger partial charge in [0.1, 0.15) is 5.82 Å². The number of nitrogens with zero attached hydrogens (tertiary/aromatic N) is 2. The van der Waals surface area contributed by atoms with Gasteiger partial charge in [-0.05, 0) is 0 Å². The molecule has 0 radical (unpaired) electrons. The van der Waals surface area contributed by atoms with Crippen LogP contribution in [-0.4, -0.2) is 29.1 Å². The zero-order valence-corrected chi connectivity index (χ0v) is 8.22. The van der Waals surface area contributed by atoms with E-state index in [0.29, 0.717) is 19.6 Å². The van der Waals surface area contributed by atoms with Gasteiger partial charge >= 0.3 is 0 Å². The van der Waals surface area contributed by atoms with E-state index >= 15 is 0 Å². The van der Waals surface area contributed by atoms with Crippen molar-refractivity contribution in [3.05, 3.63) is 18.2 Å². The number of ether oxygens (including phenoxy) is 2. The highest BCUT2D eigenvalue weighted by atomic mass is 16.7. The maximum Gasteiger partial charge on any atom is 0.159 e. The van der Waals surface area contributed by atoms with Crippen molar-refractivity contribution < 1.29 is 9.47 Å². The van der Waals surface area contributed by atoms with Crippen molar-refractivity contribution in [1.29, 1.82) is 0 Å². The van der Waals surface area contributed by atoms with E-state index in [1.165, 1.54) is 0 Å². The molecule has 0 bridgehead atoms. The van der Waals surface area contributed by atoms with Crippen LogP contribution in [0.25, 0.3) is 0 Å². The van der Waals surface area contributed by atoms with Crippen LogP contribution in [0.5, 0.6) is 0 Å². The van der Waals surface area contributed by atoms with E-state index in [2.05, 4.69) is 4.98 Å². The molecule has 2 heterocycles. The van der Waals surface area contributed by atoms with Crippen molar-refractivity contribution in [3.63, 3.8) is 0 Å². The molecular formula is C9H15N3O2. The van der Waals surface area contributed by atoms with E-state index in [0.717, 1.165) is 5.82 Å². The molecule has 1 saturated heterocycles. The van der Waals surface area contributed by atoms with Gasteiger partial charge in [0, 0.05) is 25.9 Å². The zero-order valence-electron chi connectivity index (χ0n) is 8.22. The molecule has 5 nitrogen and oxygen atoms in total. The number of hydrogen-bond donors (Lipinski definition) is 1. The second kappa shape index (κ2) is 4.08. The summed E-state index contributed by atoms with van der Waals surface area (Å²) in [6.07, 6.45) is 4.11. The monoisotopic (exact) mass is 197 g/mol. The van der Waals surface area contributed by atoms with Crippen molar-refractivity contribution in [2.24, 2.45) is 12.8 Å². The van der Waals surface area contributed by atoms with Crippen LogP contribution in [-0.2, 0) is 16.5 Å². The molecule has 78 valence electrons. The number of rotatable bonds is 3. The quantitative estimate of drug-likeness (QED) is 0.751. The second-order valence-corrected chi connectivity index (χ2v) is 3.41. The molecule has 1 aromatic heterocycles. The topological polar surface area (TPSA) is 62.3 Å². The third-order valence-electron chi connectivity index (χ3n) is 2.33. The van der Waals surface area contributed by atoms with Gasteiger partial charge in [-0.2, -0.15) is 0 Å². The third-order valence-corrected chi connectivity index (χ3v) is 2.33. The third kappa shape index (κ3) is 1.95. The van der Waals surface area contributed by atoms with Gasteiger partial charge in [-0.25, -0.2) is 4.98 Å². The first-order valence-corrected chi connectivity index (χ1v) is 4.73. The van der Waals surface area contributed by atoms with Crippen LogP contribution in [0.4, 0.5) is 0 Å². The van der Waals surface area contributed by atoms with Crippen LogP contribution in [0.15, 0.2) is 12.4 Å². The number of hydrogen-bond acceptors (Lipinski definition) is 4. The van der Waals surface area contributed by atoms with Crippen molar-refractivity contribution in [3.8, 4) is 0 Å². The fourth-order valence-corrected chi connectivity index (χ4v) is 1.59. The van der Waals surface area contributed by atoms with Crippen molar-refractivity contribution in [2.75, 3.05) is 13.2 Å². The molecule has 0 saturated carbocycles. The van der Waals surface area contributed by atoms with Gasteiger partial charge in [-0.15, -0.1) is 0 Å². The minimum atomic E-state index is -0.165. The Morgan fingerprint density at radius 3 is 2.93 bits per heavy atom. The van der Waals surface area contributed by atoms with Gasteiger partial charge in [0.2, 0.25) is 0 Å². The minimum Gasteiger partial charge on any atom is -0.350 e. The summed E-state index contributed by atoms with van der Waals surface area (Å²) in [6, 6.07) is -0.127. The predicted octanol–water partition coefficient (Wildman–Crippen LogP) is 0.183. The van der Waals surface area contributed by atoms with Gasteiger partial charge in [0.05, 0.1) is 19.3 Å². The van der Waals surface area contributed by atoms with Crippen molar-refractivity contribution >= 4 is 0 Å². The minimum absolute atomic E-state index is 0.127. The summed E-state index contributed by atoms with van der Waals surface area (Å²) in [5.41, 5.74) is 5.98. The lowest BCUT2D eigenvalue weighted by Gasteiger charge is -2.15. The van der Waals surface area contributed by atoms with E-state index in [4.69, 9.17) is 15.2 Å². The van der Waals surface area contributed by atoms with Gasteiger partial charge in [-0.1, -0.05) is 0 Å². The summed E-state index contributed by atoms with van der Waals surface area (Å²) in [6.45, 7) is 1.33. The van der Waals surface area contributed by atoms with E-state index in [1.54, 1.807) is 6.20 Å². The molecule has 1 aliphatic rings. The molecule has 1 unspecified atom stereocenters. The molecule has 2 N–H and O–H groups in total. The van der Waals surface area contributed by atoms with Crippen LogP contribution in [0.3, 0.4) is 0 Å². The zero-order chi connectivity index (χ0) is 9.97. The normalized spacial score (nSPS) is 20.1. The smallest absolute Gasteiger partial charge is 0.159 e. The summed E-state index contributed by atoms with van der Waals surface area (Å²) in [5, 5.41) is 0. The Morgan fingerprint density at radius 1 is 1.64 bits per heavy atom. The highest BCUT2D eigenvalue weighted by molar-refractivity contribution is 4.97. The Morgan fingerprint density at radius 2 is 2.36 bits per heavy atom. The van der Waals surface area contributed by atoms with Gasteiger partial charge in [-0.3, -0.25) is 0 Å². The molecule has 0 aliphatic carbocycles. The lowest BCUT2D eigenvalue weighted by Crippen LogP contribution is -2.22. The highest BCUT2D eigenvalue weighted by Crippen LogP contribution is 2.18. The van der Waals surface area contributed by atoms with Crippen molar-refractivity contribution in [2.45, 2.75) is 18.8 Å². The van der Waals surface area contributed by atoms with E-state index in [1.807, 2.05) is 17.8 Å². The summed E-state index contributed by atoms with van der Waals surface area (Å²) in [5.74, 6) is 0.865. The van der Waals surface area contributed by atoms with E-state index < -0.39 is 0 Å². The SMILES string of the molecule is Cn1ccnc1C(N)CC1OCCO1. The fourth-order valence-electron chi connectivity index (χ4n) is 1.59. The summed E-state index contributed by atoms with van der Waals surface area (Å²) >= 11 is 0. The Bertz CT molecular complexity index is 294. The van der Waals surface area contributed by atoms with Gasteiger partial charge < -0.3 is 19.8 Å². The standard InChI is InChI=1S/C9H15N3O2/c1-12-3-2-11-9(12)7(10)6-8-13-4-5-14-8/h2-3,7-8H,4-6,10H2,1H3. The first kappa shape index (κ1) is 9.64. The molecule has 14 heavy (non-hydrogen) atoms. The van der Waals surface area contributed by atoms with Crippen LogP contribution in [0, 0.1) is 0 Å². The molecule has 0 aromatic carbocycles. The predicted molar refractivity (Wildman–Crippen MR) is 50.4 cm³/mol. The first-order valence-electron chi connectivity index (χ1n) is 4.73. The number of aryl methyl sites for hydroxylation is 1. The van der Waals surface area contributed by atoms with Gasteiger partial charge in [0.15, 0.2) is 6.29 Å². The summed E-state index contributed by atoms with van der Waals surface area (Å²) in [4.78, 5) is 4.18. The molecule has 5 heteroatoms. The maximum atomic E-state index is 5.98.